The number of nitrogens with zero attached hydrogens (tertiary/aromatic N) is 5. The average Bonchev–Trinajstić information content (AvgIpc) is 3.21. The maximum atomic E-state index is 11.9. The van der Waals surface area contributed by atoms with Gasteiger partial charge in [-0.2, -0.15) is 0 Å². The Labute approximate surface area is 145 Å². The molecule has 0 unspecified atom stereocenters. The Hall–Kier alpha value is -2.48. The number of aromatic nitrogens is 4. The third kappa shape index (κ3) is 3.21. The third-order valence-electron chi connectivity index (χ3n) is 5.11. The zero-order valence-electron chi connectivity index (χ0n) is 14.0. The Morgan fingerprint density at radius 1 is 1.28 bits per heavy atom. The van der Waals surface area contributed by atoms with Gasteiger partial charge >= 0.3 is 0 Å². The van der Waals surface area contributed by atoms with Crippen LogP contribution in [0.25, 0.3) is 0 Å². The average molecular weight is 342 g/mol. The Kier molecular flexibility index (Phi) is 4.35. The van der Waals surface area contributed by atoms with Crippen molar-refractivity contribution in [1.82, 2.24) is 20.2 Å². The number of ether oxygens (including phenoxy) is 1. The van der Waals surface area contributed by atoms with Gasteiger partial charge in [-0.1, -0.05) is 18.2 Å². The van der Waals surface area contributed by atoms with E-state index in [4.69, 9.17) is 10.5 Å². The summed E-state index contributed by atoms with van der Waals surface area (Å²) in [5, 5.41) is 12.2. The van der Waals surface area contributed by atoms with E-state index in [1.54, 1.807) is 0 Å². The highest BCUT2D eigenvalue weighted by Crippen LogP contribution is 2.33. The van der Waals surface area contributed by atoms with E-state index in [1.165, 1.54) is 0 Å². The monoisotopic (exact) mass is 342 g/mol. The van der Waals surface area contributed by atoms with Gasteiger partial charge in [-0.05, 0) is 40.8 Å². The molecule has 2 aliphatic heterocycles. The molecule has 0 radical (unpaired) electrons. The second-order valence-electron chi connectivity index (χ2n) is 6.71. The van der Waals surface area contributed by atoms with Crippen LogP contribution in [0, 0.1) is 5.92 Å². The lowest BCUT2D eigenvalue weighted by Crippen LogP contribution is -2.42. The van der Waals surface area contributed by atoms with E-state index in [9.17, 15) is 4.79 Å². The lowest BCUT2D eigenvalue weighted by atomic mass is 10.0. The summed E-state index contributed by atoms with van der Waals surface area (Å²) in [4.78, 5) is 13.9. The van der Waals surface area contributed by atoms with Crippen molar-refractivity contribution in [3.05, 3.63) is 35.7 Å². The molecule has 1 amide bonds. The van der Waals surface area contributed by atoms with Crippen molar-refractivity contribution in [2.75, 3.05) is 18.1 Å². The van der Waals surface area contributed by atoms with Gasteiger partial charge in [-0.25, -0.2) is 4.68 Å². The molecular weight excluding hydrogens is 320 g/mol. The Morgan fingerprint density at radius 3 is 2.88 bits per heavy atom. The molecule has 132 valence electrons. The number of carbonyl (C=O) groups is 1. The highest BCUT2D eigenvalue weighted by molar-refractivity contribution is 5.86. The molecule has 0 bridgehead atoms. The number of nitrogens with two attached hydrogens (primary N) is 1. The fraction of sp³-hybridized carbons (Fsp3) is 0.529. The molecule has 1 fully saturated rings. The number of hydrogen-bond acceptors (Lipinski definition) is 6. The Morgan fingerprint density at radius 2 is 2.08 bits per heavy atom. The number of para-hydroxylation sites is 1. The van der Waals surface area contributed by atoms with Crippen LogP contribution in [-0.2, 0) is 29.0 Å². The molecule has 3 heterocycles. The topological polar surface area (TPSA) is 99.2 Å². The van der Waals surface area contributed by atoms with E-state index in [0.717, 1.165) is 49.7 Å². The number of anilines is 1. The highest BCUT2D eigenvalue weighted by Gasteiger charge is 2.34. The van der Waals surface area contributed by atoms with Gasteiger partial charge in [-0.15, -0.1) is 5.10 Å². The molecule has 1 aromatic heterocycles. The molecule has 1 saturated heterocycles. The second kappa shape index (κ2) is 6.79. The van der Waals surface area contributed by atoms with Crippen LogP contribution < -0.4 is 10.6 Å². The lowest BCUT2D eigenvalue weighted by molar-refractivity contribution is -0.119. The SMILES string of the molecule is NC(=O)[C@@H]1Cc2ccccc2N1Cc1nnnn1CC1CCOCC1. The Bertz CT molecular complexity index is 755. The number of fused-ring (bicyclic) bond motifs is 1. The predicted octanol–water partition coefficient (Wildman–Crippen LogP) is 0.516. The largest absolute Gasteiger partial charge is 0.381 e. The fourth-order valence-electron chi connectivity index (χ4n) is 3.70. The summed E-state index contributed by atoms with van der Waals surface area (Å²) in [5.41, 5.74) is 7.80. The van der Waals surface area contributed by atoms with Gasteiger partial charge in [0, 0.05) is 31.9 Å². The highest BCUT2D eigenvalue weighted by atomic mass is 16.5. The van der Waals surface area contributed by atoms with Gasteiger partial charge in [0.2, 0.25) is 5.91 Å². The van der Waals surface area contributed by atoms with E-state index in [2.05, 4.69) is 15.5 Å². The van der Waals surface area contributed by atoms with Gasteiger partial charge in [0.05, 0.1) is 6.54 Å². The number of hydrogen-bond donors (Lipinski definition) is 1. The smallest absolute Gasteiger partial charge is 0.240 e. The van der Waals surface area contributed by atoms with Crippen molar-refractivity contribution in [1.29, 1.82) is 0 Å². The number of benzene rings is 1. The van der Waals surface area contributed by atoms with E-state index < -0.39 is 0 Å². The van der Waals surface area contributed by atoms with Crippen molar-refractivity contribution in [2.45, 2.75) is 38.4 Å². The first kappa shape index (κ1) is 16.0. The van der Waals surface area contributed by atoms with Crippen molar-refractivity contribution in [2.24, 2.45) is 11.7 Å². The summed E-state index contributed by atoms with van der Waals surface area (Å²) in [5.74, 6) is 0.961. The zero-order chi connectivity index (χ0) is 17.2. The van der Waals surface area contributed by atoms with Crippen LogP contribution in [0.4, 0.5) is 5.69 Å². The lowest BCUT2D eigenvalue weighted by Gasteiger charge is -2.26. The number of primary amides is 1. The second-order valence-corrected chi connectivity index (χ2v) is 6.71. The van der Waals surface area contributed by atoms with Crippen LogP contribution in [0.3, 0.4) is 0 Å². The van der Waals surface area contributed by atoms with E-state index in [-0.39, 0.29) is 11.9 Å². The molecule has 2 N–H and O–H groups in total. The first-order valence-corrected chi connectivity index (χ1v) is 8.69. The molecule has 0 aliphatic carbocycles. The van der Waals surface area contributed by atoms with Crippen LogP contribution in [0.15, 0.2) is 24.3 Å². The molecule has 0 spiro atoms. The first-order chi connectivity index (χ1) is 12.2. The first-order valence-electron chi connectivity index (χ1n) is 8.69. The maximum absolute atomic E-state index is 11.9. The van der Waals surface area contributed by atoms with Crippen LogP contribution in [0.1, 0.15) is 24.2 Å². The van der Waals surface area contributed by atoms with Crippen LogP contribution in [-0.4, -0.2) is 45.4 Å². The minimum absolute atomic E-state index is 0.320. The summed E-state index contributed by atoms with van der Waals surface area (Å²) in [6, 6.07) is 7.65. The molecule has 1 aromatic carbocycles. The summed E-state index contributed by atoms with van der Waals surface area (Å²) >= 11 is 0. The van der Waals surface area contributed by atoms with Gasteiger partial charge in [-0.3, -0.25) is 4.79 Å². The molecular formula is C17H22N6O2. The number of carbonyl (C=O) groups excluding carboxylic acids is 1. The standard InChI is InChI=1S/C17H22N6O2/c18-17(24)15-9-13-3-1-2-4-14(13)22(15)11-16-19-20-21-23(16)10-12-5-7-25-8-6-12/h1-4,12,15H,5-11H2,(H2,18,24)/t15-/m0/s1. The van der Waals surface area contributed by atoms with Crippen molar-refractivity contribution in [3.8, 4) is 0 Å². The minimum atomic E-state index is -0.356. The molecule has 2 aliphatic rings. The third-order valence-corrected chi connectivity index (χ3v) is 5.11. The fourth-order valence-corrected chi connectivity index (χ4v) is 3.70. The molecule has 8 heteroatoms. The van der Waals surface area contributed by atoms with E-state index >= 15 is 0 Å². The normalized spacial score (nSPS) is 20.6. The van der Waals surface area contributed by atoms with Crippen LogP contribution >= 0.6 is 0 Å². The number of rotatable bonds is 5. The zero-order valence-corrected chi connectivity index (χ0v) is 14.0. The minimum Gasteiger partial charge on any atom is -0.381 e. The summed E-state index contributed by atoms with van der Waals surface area (Å²) < 4.78 is 7.27. The van der Waals surface area contributed by atoms with Crippen molar-refractivity contribution in [3.63, 3.8) is 0 Å². The van der Waals surface area contributed by atoms with Gasteiger partial charge in [0.15, 0.2) is 5.82 Å². The molecule has 8 nitrogen and oxygen atoms in total. The quantitative estimate of drug-likeness (QED) is 0.850. The van der Waals surface area contributed by atoms with Gasteiger partial charge in [0.25, 0.3) is 0 Å². The molecule has 25 heavy (non-hydrogen) atoms. The molecule has 4 rings (SSSR count). The summed E-state index contributed by atoms with van der Waals surface area (Å²) in [6.45, 7) is 2.85. The van der Waals surface area contributed by atoms with Gasteiger partial charge in [0.1, 0.15) is 6.04 Å². The summed E-state index contributed by atoms with van der Waals surface area (Å²) in [7, 11) is 0. The van der Waals surface area contributed by atoms with Crippen LogP contribution in [0.2, 0.25) is 0 Å². The number of tetrazole rings is 1. The number of amides is 1. The Balaban J connectivity index is 1.55. The molecule has 2 aromatic rings. The van der Waals surface area contributed by atoms with Crippen molar-refractivity contribution < 1.29 is 9.53 Å². The van der Waals surface area contributed by atoms with Crippen molar-refractivity contribution >= 4 is 11.6 Å². The van der Waals surface area contributed by atoms with E-state index in [1.807, 2.05) is 33.8 Å². The van der Waals surface area contributed by atoms with E-state index in [0.29, 0.717) is 18.9 Å². The van der Waals surface area contributed by atoms with Crippen LogP contribution in [0.5, 0.6) is 0 Å². The summed E-state index contributed by atoms with van der Waals surface area (Å²) in [6.07, 6.45) is 2.68. The van der Waals surface area contributed by atoms with Gasteiger partial charge < -0.3 is 15.4 Å². The molecule has 1 atom stereocenters. The predicted molar refractivity (Wildman–Crippen MR) is 90.7 cm³/mol. The maximum Gasteiger partial charge on any atom is 0.240 e. The molecule has 0 saturated carbocycles.